The SMILES string of the molecule is CSc1cn[nH]c1NS(=O)(=O)c1ccc2c(c1)OCCO2. The molecule has 0 radical (unpaired) electrons. The van der Waals surface area contributed by atoms with Crippen LogP contribution in [0, 0.1) is 0 Å². The number of thioether (sulfide) groups is 1. The van der Waals surface area contributed by atoms with Gasteiger partial charge in [-0.3, -0.25) is 9.82 Å². The number of aromatic amines is 1. The monoisotopic (exact) mass is 327 g/mol. The fourth-order valence-electron chi connectivity index (χ4n) is 1.89. The van der Waals surface area contributed by atoms with Crippen molar-refractivity contribution in [2.45, 2.75) is 9.79 Å². The molecule has 0 fully saturated rings. The van der Waals surface area contributed by atoms with Crippen LogP contribution in [0.5, 0.6) is 11.5 Å². The maximum Gasteiger partial charge on any atom is 0.263 e. The molecule has 9 heteroatoms. The molecule has 0 saturated heterocycles. The largest absolute Gasteiger partial charge is 0.486 e. The first-order chi connectivity index (χ1) is 10.1. The van der Waals surface area contributed by atoms with Gasteiger partial charge in [-0.2, -0.15) is 5.10 Å². The summed E-state index contributed by atoms with van der Waals surface area (Å²) in [6.45, 7) is 0.865. The Kier molecular flexibility index (Phi) is 3.68. The highest BCUT2D eigenvalue weighted by molar-refractivity contribution is 7.99. The number of fused-ring (bicyclic) bond motifs is 1. The average Bonchev–Trinajstić information content (AvgIpc) is 2.93. The van der Waals surface area contributed by atoms with Crippen LogP contribution in [0.1, 0.15) is 0 Å². The van der Waals surface area contributed by atoms with Crippen LogP contribution in [0.25, 0.3) is 0 Å². The molecule has 112 valence electrons. The summed E-state index contributed by atoms with van der Waals surface area (Å²) in [5, 5.41) is 6.45. The number of anilines is 1. The van der Waals surface area contributed by atoms with Gasteiger partial charge in [0.15, 0.2) is 11.5 Å². The number of benzene rings is 1. The van der Waals surface area contributed by atoms with Gasteiger partial charge in [-0.25, -0.2) is 8.42 Å². The topological polar surface area (TPSA) is 93.3 Å². The van der Waals surface area contributed by atoms with Crippen LogP contribution in [0.2, 0.25) is 0 Å². The summed E-state index contributed by atoms with van der Waals surface area (Å²) in [7, 11) is -3.72. The molecule has 0 saturated carbocycles. The minimum atomic E-state index is -3.72. The number of hydrogen-bond donors (Lipinski definition) is 2. The summed E-state index contributed by atoms with van der Waals surface area (Å²) >= 11 is 1.40. The molecule has 2 heterocycles. The molecule has 2 aromatic rings. The number of sulfonamides is 1. The molecule has 3 rings (SSSR count). The minimum absolute atomic E-state index is 0.105. The van der Waals surface area contributed by atoms with Crippen molar-refractivity contribution in [3.63, 3.8) is 0 Å². The van der Waals surface area contributed by atoms with E-state index in [-0.39, 0.29) is 4.90 Å². The smallest absolute Gasteiger partial charge is 0.263 e. The van der Waals surface area contributed by atoms with Gasteiger partial charge < -0.3 is 9.47 Å². The molecule has 0 amide bonds. The Balaban J connectivity index is 1.91. The first kappa shape index (κ1) is 14.1. The third-order valence-electron chi connectivity index (χ3n) is 2.88. The number of hydrogen-bond acceptors (Lipinski definition) is 6. The second-order valence-electron chi connectivity index (χ2n) is 4.22. The van der Waals surface area contributed by atoms with E-state index in [4.69, 9.17) is 9.47 Å². The predicted octanol–water partition coefficient (Wildman–Crippen LogP) is 1.70. The Morgan fingerprint density at radius 1 is 1.29 bits per heavy atom. The van der Waals surface area contributed by atoms with Crippen LogP contribution in [-0.2, 0) is 10.0 Å². The summed E-state index contributed by atoms with van der Waals surface area (Å²) < 4.78 is 38.0. The zero-order valence-corrected chi connectivity index (χ0v) is 12.8. The summed E-state index contributed by atoms with van der Waals surface area (Å²) in [6.07, 6.45) is 3.40. The van der Waals surface area contributed by atoms with Crippen molar-refractivity contribution < 1.29 is 17.9 Å². The molecular formula is C12H13N3O4S2. The second-order valence-corrected chi connectivity index (χ2v) is 6.75. The number of H-pyrrole nitrogens is 1. The van der Waals surface area contributed by atoms with Crippen molar-refractivity contribution in [3.8, 4) is 11.5 Å². The van der Waals surface area contributed by atoms with E-state index in [9.17, 15) is 8.42 Å². The highest BCUT2D eigenvalue weighted by atomic mass is 32.2. The molecule has 1 aromatic carbocycles. The Morgan fingerprint density at radius 2 is 2.05 bits per heavy atom. The van der Waals surface area contributed by atoms with Gasteiger partial charge in [-0.05, 0) is 18.4 Å². The third kappa shape index (κ3) is 2.79. The molecule has 0 bridgehead atoms. The van der Waals surface area contributed by atoms with Crippen molar-refractivity contribution in [2.24, 2.45) is 0 Å². The molecule has 1 aromatic heterocycles. The van der Waals surface area contributed by atoms with E-state index in [0.717, 1.165) is 4.90 Å². The number of nitrogens with one attached hydrogen (secondary N) is 2. The van der Waals surface area contributed by atoms with E-state index < -0.39 is 10.0 Å². The normalized spacial score (nSPS) is 14.0. The highest BCUT2D eigenvalue weighted by Crippen LogP contribution is 2.33. The summed E-state index contributed by atoms with van der Waals surface area (Å²) in [6, 6.07) is 4.52. The third-order valence-corrected chi connectivity index (χ3v) is 4.98. The fraction of sp³-hybridized carbons (Fsp3) is 0.250. The molecular weight excluding hydrogens is 314 g/mol. The fourth-order valence-corrected chi connectivity index (χ4v) is 3.46. The van der Waals surface area contributed by atoms with Crippen LogP contribution in [0.3, 0.4) is 0 Å². The van der Waals surface area contributed by atoms with E-state index >= 15 is 0 Å². The van der Waals surface area contributed by atoms with Crippen molar-refractivity contribution in [1.82, 2.24) is 10.2 Å². The second kappa shape index (κ2) is 5.49. The lowest BCUT2D eigenvalue weighted by Crippen LogP contribution is -2.17. The molecule has 2 N–H and O–H groups in total. The predicted molar refractivity (Wildman–Crippen MR) is 78.6 cm³/mol. The maximum atomic E-state index is 12.4. The lowest BCUT2D eigenvalue weighted by atomic mass is 10.3. The number of nitrogens with zero attached hydrogens (tertiary/aromatic N) is 1. The molecule has 1 aliphatic rings. The van der Waals surface area contributed by atoms with Gasteiger partial charge in [0.1, 0.15) is 19.0 Å². The Labute approximate surface area is 126 Å². The van der Waals surface area contributed by atoms with Crippen LogP contribution in [-0.4, -0.2) is 38.1 Å². The van der Waals surface area contributed by atoms with Crippen molar-refractivity contribution >= 4 is 27.6 Å². The summed E-state index contributed by atoms with van der Waals surface area (Å²) in [4.78, 5) is 0.824. The average molecular weight is 327 g/mol. The van der Waals surface area contributed by atoms with Crippen LogP contribution >= 0.6 is 11.8 Å². The number of rotatable bonds is 4. The minimum Gasteiger partial charge on any atom is -0.486 e. The van der Waals surface area contributed by atoms with Gasteiger partial charge in [-0.1, -0.05) is 0 Å². The molecule has 0 unspecified atom stereocenters. The van der Waals surface area contributed by atoms with Crippen molar-refractivity contribution in [1.29, 1.82) is 0 Å². The van der Waals surface area contributed by atoms with Gasteiger partial charge >= 0.3 is 0 Å². The molecule has 0 spiro atoms. The number of aromatic nitrogens is 2. The van der Waals surface area contributed by atoms with Crippen molar-refractivity contribution in [3.05, 3.63) is 24.4 Å². The quantitative estimate of drug-likeness (QED) is 0.830. The van der Waals surface area contributed by atoms with Gasteiger partial charge in [0.2, 0.25) is 0 Å². The van der Waals surface area contributed by atoms with E-state index in [0.29, 0.717) is 30.5 Å². The lowest BCUT2D eigenvalue weighted by molar-refractivity contribution is 0.171. The van der Waals surface area contributed by atoms with E-state index in [2.05, 4.69) is 14.9 Å². The zero-order chi connectivity index (χ0) is 14.9. The van der Waals surface area contributed by atoms with Crippen LogP contribution in [0.15, 0.2) is 34.2 Å². The molecule has 21 heavy (non-hydrogen) atoms. The van der Waals surface area contributed by atoms with Gasteiger partial charge in [0.25, 0.3) is 10.0 Å². The van der Waals surface area contributed by atoms with E-state index in [1.54, 1.807) is 12.3 Å². The maximum absolute atomic E-state index is 12.4. The van der Waals surface area contributed by atoms with E-state index in [1.165, 1.54) is 23.9 Å². The Hall–Kier alpha value is -1.87. The van der Waals surface area contributed by atoms with Gasteiger partial charge in [0.05, 0.1) is 16.0 Å². The van der Waals surface area contributed by atoms with Crippen LogP contribution in [0.4, 0.5) is 5.82 Å². The van der Waals surface area contributed by atoms with Crippen LogP contribution < -0.4 is 14.2 Å². The lowest BCUT2D eigenvalue weighted by Gasteiger charge is -2.19. The molecule has 1 aliphatic heterocycles. The first-order valence-electron chi connectivity index (χ1n) is 6.10. The molecule has 0 aliphatic carbocycles. The Morgan fingerprint density at radius 3 is 2.81 bits per heavy atom. The first-order valence-corrected chi connectivity index (χ1v) is 8.81. The summed E-state index contributed by atoms with van der Waals surface area (Å²) in [5.41, 5.74) is 0. The van der Waals surface area contributed by atoms with Crippen molar-refractivity contribution in [2.75, 3.05) is 24.2 Å². The van der Waals surface area contributed by atoms with E-state index in [1.807, 2.05) is 6.26 Å². The van der Waals surface area contributed by atoms with Gasteiger partial charge in [-0.15, -0.1) is 11.8 Å². The zero-order valence-electron chi connectivity index (χ0n) is 11.1. The standard InChI is InChI=1S/C12H13N3O4S2/c1-20-11-7-13-14-12(11)15-21(16,17)8-2-3-9-10(6-8)19-5-4-18-9/h2-3,6-7H,4-5H2,1H3,(H2,13,14,15). The molecule has 7 nitrogen and oxygen atoms in total. The molecule has 0 atom stereocenters. The Bertz CT molecular complexity index is 758. The summed E-state index contributed by atoms with van der Waals surface area (Å²) in [5.74, 6) is 1.32. The number of ether oxygens (including phenoxy) is 2. The van der Waals surface area contributed by atoms with Gasteiger partial charge in [0, 0.05) is 6.07 Å². The highest BCUT2D eigenvalue weighted by Gasteiger charge is 2.21.